The van der Waals surface area contributed by atoms with Crippen molar-refractivity contribution >= 4 is 52.0 Å². The van der Waals surface area contributed by atoms with Crippen molar-refractivity contribution in [3.8, 4) is 5.75 Å². The first-order valence-electron chi connectivity index (χ1n) is 11.1. The van der Waals surface area contributed by atoms with Gasteiger partial charge in [0.15, 0.2) is 6.61 Å². The third-order valence-electron chi connectivity index (χ3n) is 5.30. The van der Waals surface area contributed by atoms with Crippen molar-refractivity contribution in [2.45, 2.75) is 20.8 Å². The number of nitrogens with one attached hydrogen (secondary N) is 1. The third-order valence-corrected chi connectivity index (χ3v) is 6.21. The molecule has 1 N–H and O–H groups in total. The van der Waals surface area contributed by atoms with E-state index in [2.05, 4.69) is 10.2 Å². The normalized spacial score (nSPS) is 14.4. The summed E-state index contributed by atoms with van der Waals surface area (Å²) in [6.45, 7) is 7.21. The maximum Gasteiger partial charge on any atom is 0.293 e. The van der Waals surface area contributed by atoms with E-state index in [4.69, 9.17) is 4.74 Å². The largest absolute Gasteiger partial charge is 0.483 e. The molecule has 0 radical (unpaired) electrons. The molecule has 0 bridgehead atoms. The van der Waals surface area contributed by atoms with Crippen LogP contribution in [-0.4, -0.2) is 53.1 Å². The molecular formula is C24H26N4O6S. The van der Waals surface area contributed by atoms with E-state index in [0.29, 0.717) is 11.3 Å². The number of non-ortho nitro benzene ring substituents is 1. The molecule has 3 rings (SSSR count). The summed E-state index contributed by atoms with van der Waals surface area (Å²) in [6.07, 6.45) is 1.58. The van der Waals surface area contributed by atoms with Gasteiger partial charge in [-0.25, -0.2) is 0 Å². The topological polar surface area (TPSA) is 122 Å². The highest BCUT2D eigenvalue weighted by molar-refractivity contribution is 8.18. The highest BCUT2D eigenvalue weighted by Gasteiger charge is 2.33. The van der Waals surface area contributed by atoms with Crippen LogP contribution in [0.4, 0.5) is 21.9 Å². The van der Waals surface area contributed by atoms with Gasteiger partial charge in [-0.3, -0.25) is 29.4 Å². The van der Waals surface area contributed by atoms with Crippen molar-refractivity contribution < 1.29 is 24.0 Å². The van der Waals surface area contributed by atoms with Gasteiger partial charge in [-0.15, -0.1) is 0 Å². The van der Waals surface area contributed by atoms with Crippen LogP contribution in [0, 0.1) is 10.1 Å². The van der Waals surface area contributed by atoms with Crippen molar-refractivity contribution in [3.63, 3.8) is 0 Å². The molecule has 11 heteroatoms. The Kier molecular flexibility index (Phi) is 8.48. The smallest absolute Gasteiger partial charge is 0.293 e. The number of carbonyl (C=O) groups is 3. The van der Waals surface area contributed by atoms with Gasteiger partial charge in [-0.1, -0.05) is 6.07 Å². The molecule has 1 aliphatic heterocycles. The maximum absolute atomic E-state index is 12.5. The van der Waals surface area contributed by atoms with Crippen LogP contribution in [0.1, 0.15) is 26.3 Å². The molecule has 0 atom stereocenters. The number of nitrogens with zero attached hydrogens (tertiary/aromatic N) is 3. The molecule has 35 heavy (non-hydrogen) atoms. The van der Waals surface area contributed by atoms with Crippen LogP contribution in [0.2, 0.25) is 0 Å². The Hall–Kier alpha value is -3.86. The highest BCUT2D eigenvalue weighted by atomic mass is 32.2. The lowest BCUT2D eigenvalue weighted by Crippen LogP contribution is -2.27. The second-order valence-electron chi connectivity index (χ2n) is 7.46. The van der Waals surface area contributed by atoms with Crippen LogP contribution in [0.5, 0.6) is 5.75 Å². The Morgan fingerprint density at radius 2 is 1.91 bits per heavy atom. The Balaban J connectivity index is 1.83. The number of imide groups is 1. The van der Waals surface area contributed by atoms with E-state index in [1.165, 1.54) is 18.2 Å². The predicted molar refractivity (Wildman–Crippen MR) is 136 cm³/mol. The highest BCUT2D eigenvalue weighted by Crippen LogP contribution is 2.35. The van der Waals surface area contributed by atoms with E-state index in [-0.39, 0.29) is 40.6 Å². The molecule has 1 fully saturated rings. The number of nitro groups is 1. The van der Waals surface area contributed by atoms with E-state index in [1.54, 1.807) is 31.2 Å². The number of nitro benzene ring substituents is 1. The van der Waals surface area contributed by atoms with Crippen LogP contribution < -0.4 is 15.0 Å². The predicted octanol–water partition coefficient (Wildman–Crippen LogP) is 4.51. The van der Waals surface area contributed by atoms with Crippen LogP contribution in [0.15, 0.2) is 47.4 Å². The van der Waals surface area contributed by atoms with E-state index in [1.807, 2.05) is 19.9 Å². The number of benzene rings is 2. The van der Waals surface area contributed by atoms with Gasteiger partial charge in [0, 0.05) is 54.8 Å². The summed E-state index contributed by atoms with van der Waals surface area (Å²) in [5, 5.41) is 13.2. The van der Waals surface area contributed by atoms with Gasteiger partial charge in [0.05, 0.1) is 9.83 Å². The van der Waals surface area contributed by atoms with Gasteiger partial charge < -0.3 is 15.0 Å². The number of hydrogen-bond donors (Lipinski definition) is 1. The maximum atomic E-state index is 12.5. The summed E-state index contributed by atoms with van der Waals surface area (Å²) >= 11 is 0.857. The van der Waals surface area contributed by atoms with Gasteiger partial charge in [0.2, 0.25) is 0 Å². The molecule has 0 unspecified atom stereocenters. The summed E-state index contributed by atoms with van der Waals surface area (Å²) in [6, 6.07) is 11.1. The third kappa shape index (κ3) is 6.18. The fourth-order valence-electron chi connectivity index (χ4n) is 3.50. The molecule has 1 heterocycles. The molecular weight excluding hydrogens is 472 g/mol. The van der Waals surface area contributed by atoms with Gasteiger partial charge >= 0.3 is 0 Å². The molecule has 10 nitrogen and oxygen atoms in total. The van der Waals surface area contributed by atoms with Crippen molar-refractivity contribution in [2.75, 3.05) is 36.5 Å². The lowest BCUT2D eigenvalue weighted by molar-refractivity contribution is -0.384. The van der Waals surface area contributed by atoms with Crippen molar-refractivity contribution in [1.82, 2.24) is 4.90 Å². The number of rotatable bonds is 10. The zero-order chi connectivity index (χ0) is 25.5. The molecule has 2 aromatic rings. The number of hydrogen-bond acceptors (Lipinski definition) is 8. The van der Waals surface area contributed by atoms with Gasteiger partial charge in [0.1, 0.15) is 5.75 Å². The summed E-state index contributed by atoms with van der Waals surface area (Å²) in [7, 11) is 0. The summed E-state index contributed by atoms with van der Waals surface area (Å²) < 4.78 is 5.82. The second-order valence-corrected chi connectivity index (χ2v) is 8.46. The number of anilines is 2. The first-order chi connectivity index (χ1) is 16.8. The molecule has 0 saturated carbocycles. The number of ether oxygens (including phenoxy) is 1. The zero-order valence-electron chi connectivity index (χ0n) is 19.6. The Bertz CT molecular complexity index is 1180. The number of carbonyl (C=O) groups excluding carboxylic acids is 3. The first-order valence-corrected chi connectivity index (χ1v) is 11.9. The Labute approximate surface area is 207 Å². The van der Waals surface area contributed by atoms with Crippen molar-refractivity contribution in [1.29, 1.82) is 0 Å². The lowest BCUT2D eigenvalue weighted by atomic mass is 10.1. The van der Waals surface area contributed by atoms with Crippen molar-refractivity contribution in [3.05, 3.63) is 63.0 Å². The SMILES string of the molecule is CCN1C(=O)S/C(=C/c2ccc(N(CC)CC)cc2OCC(=O)Nc2cccc([N+](=O)[O-])c2)C1=O. The fraction of sp³-hybridized carbons (Fsp3) is 0.292. The van der Waals surface area contributed by atoms with Gasteiger partial charge in [-0.05, 0) is 56.8 Å². The minimum Gasteiger partial charge on any atom is -0.483 e. The number of likely N-dealkylation sites (N-methyl/N-ethyl adjacent to an activating group) is 1. The molecule has 0 aliphatic carbocycles. The number of amides is 3. The summed E-state index contributed by atoms with van der Waals surface area (Å²) in [5.74, 6) is -0.507. The van der Waals surface area contributed by atoms with E-state index in [0.717, 1.165) is 35.4 Å². The van der Waals surface area contributed by atoms with E-state index < -0.39 is 10.8 Å². The summed E-state index contributed by atoms with van der Waals surface area (Å²) in [4.78, 5) is 51.0. The molecule has 0 aromatic heterocycles. The second kappa shape index (κ2) is 11.5. The van der Waals surface area contributed by atoms with Gasteiger partial charge in [0.25, 0.3) is 22.7 Å². The standard InChI is InChI=1S/C24H26N4O6S/c1-4-26(5-2)18-11-10-16(12-21-23(30)27(6-3)24(31)35-21)20(14-18)34-15-22(29)25-17-8-7-9-19(13-17)28(32)33/h7-14H,4-6,15H2,1-3H3,(H,25,29)/b21-12+. The molecule has 3 amide bonds. The molecule has 1 aliphatic rings. The summed E-state index contributed by atoms with van der Waals surface area (Å²) in [5.41, 5.74) is 1.56. The van der Waals surface area contributed by atoms with E-state index in [9.17, 15) is 24.5 Å². The minimum atomic E-state index is -0.544. The quantitative estimate of drug-likeness (QED) is 0.288. The lowest BCUT2D eigenvalue weighted by Gasteiger charge is -2.22. The van der Waals surface area contributed by atoms with E-state index >= 15 is 0 Å². The van der Waals surface area contributed by atoms with Crippen LogP contribution >= 0.6 is 11.8 Å². The Morgan fingerprint density at radius 1 is 1.17 bits per heavy atom. The Morgan fingerprint density at radius 3 is 2.54 bits per heavy atom. The van der Waals surface area contributed by atoms with Crippen LogP contribution in [0.25, 0.3) is 6.08 Å². The molecule has 1 saturated heterocycles. The number of thioether (sulfide) groups is 1. The van der Waals surface area contributed by atoms with Gasteiger partial charge in [-0.2, -0.15) is 0 Å². The fourth-order valence-corrected chi connectivity index (χ4v) is 4.40. The average Bonchev–Trinajstić information content (AvgIpc) is 3.11. The van der Waals surface area contributed by atoms with Crippen molar-refractivity contribution in [2.24, 2.45) is 0 Å². The molecule has 0 spiro atoms. The van der Waals surface area contributed by atoms with Crippen LogP contribution in [-0.2, 0) is 9.59 Å². The average molecular weight is 499 g/mol. The molecule has 184 valence electrons. The zero-order valence-corrected chi connectivity index (χ0v) is 20.5. The first kappa shape index (κ1) is 25.8. The minimum absolute atomic E-state index is 0.140. The molecule has 2 aromatic carbocycles. The van der Waals surface area contributed by atoms with Crippen LogP contribution in [0.3, 0.4) is 0 Å². The monoisotopic (exact) mass is 498 g/mol.